The van der Waals surface area contributed by atoms with Crippen molar-refractivity contribution < 1.29 is 28.7 Å². The van der Waals surface area contributed by atoms with Crippen molar-refractivity contribution in [3.05, 3.63) is 90.6 Å². The van der Waals surface area contributed by atoms with E-state index in [1.165, 1.54) is 18.4 Å². The van der Waals surface area contributed by atoms with E-state index in [9.17, 15) is 24.0 Å². The summed E-state index contributed by atoms with van der Waals surface area (Å²) >= 11 is 1.01. The summed E-state index contributed by atoms with van der Waals surface area (Å²) in [4.78, 5) is 70.2. The molecule has 5 rings (SSSR count). The maximum atomic E-state index is 14.1. The minimum absolute atomic E-state index is 0.104. The molecule has 0 aliphatic carbocycles. The molecule has 0 spiro atoms. The van der Waals surface area contributed by atoms with Gasteiger partial charge in [0.05, 0.1) is 35.2 Å². The average Bonchev–Trinajstić information content (AvgIpc) is 3.35. The number of para-hydroxylation sites is 1. The molecular formula is C28H23N3O7S. The zero-order chi connectivity index (χ0) is 28.0. The van der Waals surface area contributed by atoms with E-state index in [0.29, 0.717) is 28.3 Å². The number of fused-ring (bicyclic) bond motifs is 2. The Hall–Kier alpha value is -4.64. The van der Waals surface area contributed by atoms with Crippen LogP contribution in [0.25, 0.3) is 5.57 Å². The van der Waals surface area contributed by atoms with Gasteiger partial charge in [0.15, 0.2) is 4.80 Å². The summed E-state index contributed by atoms with van der Waals surface area (Å²) in [5.41, 5.74) is 1.51. The van der Waals surface area contributed by atoms with Crippen molar-refractivity contribution in [2.45, 2.75) is 33.7 Å². The lowest BCUT2D eigenvalue weighted by Crippen LogP contribution is -2.41. The third-order valence-electron chi connectivity index (χ3n) is 6.32. The number of imide groups is 1. The smallest absolute Gasteiger partial charge is 0.338 e. The van der Waals surface area contributed by atoms with Gasteiger partial charge in [0.1, 0.15) is 10.3 Å². The second kappa shape index (κ2) is 9.91. The fourth-order valence-electron chi connectivity index (χ4n) is 4.79. The summed E-state index contributed by atoms with van der Waals surface area (Å²) in [6, 6.07) is 12.3. The van der Waals surface area contributed by atoms with Crippen LogP contribution in [0.3, 0.4) is 0 Å². The molecule has 2 aliphatic rings. The first kappa shape index (κ1) is 26.0. The van der Waals surface area contributed by atoms with E-state index < -0.39 is 35.4 Å². The van der Waals surface area contributed by atoms with Gasteiger partial charge in [0, 0.05) is 19.4 Å². The number of thiazole rings is 1. The molecule has 0 bridgehead atoms. The van der Waals surface area contributed by atoms with Crippen molar-refractivity contribution in [1.82, 2.24) is 4.57 Å². The highest BCUT2D eigenvalue weighted by atomic mass is 32.1. The van der Waals surface area contributed by atoms with Gasteiger partial charge in [0.25, 0.3) is 11.5 Å². The first-order valence-corrected chi connectivity index (χ1v) is 12.9. The van der Waals surface area contributed by atoms with E-state index in [-0.39, 0.29) is 27.1 Å². The Morgan fingerprint density at radius 2 is 1.72 bits per heavy atom. The van der Waals surface area contributed by atoms with Crippen LogP contribution in [0.15, 0.2) is 69.6 Å². The van der Waals surface area contributed by atoms with Gasteiger partial charge in [-0.15, -0.1) is 0 Å². The molecule has 0 unspecified atom stereocenters. The maximum Gasteiger partial charge on any atom is 0.338 e. The number of carbonyl (C=O) groups excluding carboxylic acids is 4. The van der Waals surface area contributed by atoms with Crippen molar-refractivity contribution >= 4 is 46.4 Å². The zero-order valence-electron chi connectivity index (χ0n) is 21.5. The number of amides is 2. The highest BCUT2D eigenvalue weighted by molar-refractivity contribution is 7.07. The monoisotopic (exact) mass is 545 g/mol. The summed E-state index contributed by atoms with van der Waals surface area (Å²) in [5.74, 6) is -1.88. The van der Waals surface area contributed by atoms with Crippen LogP contribution >= 0.6 is 11.3 Å². The Labute approximate surface area is 226 Å². The van der Waals surface area contributed by atoms with Crippen molar-refractivity contribution in [3.8, 4) is 5.75 Å². The number of aromatic nitrogens is 1. The van der Waals surface area contributed by atoms with E-state index in [1.807, 2.05) is 0 Å². The molecule has 2 aliphatic heterocycles. The van der Waals surface area contributed by atoms with Crippen LogP contribution in [0, 0.1) is 0 Å². The number of anilines is 1. The van der Waals surface area contributed by atoms with E-state index in [1.54, 1.807) is 62.4 Å². The number of esters is 2. The Morgan fingerprint density at radius 3 is 2.36 bits per heavy atom. The molecule has 0 saturated heterocycles. The van der Waals surface area contributed by atoms with Crippen molar-refractivity contribution in [2.75, 3.05) is 11.5 Å². The van der Waals surface area contributed by atoms with Crippen molar-refractivity contribution in [2.24, 2.45) is 4.99 Å². The SMILES string of the molecule is CCOC(=O)C1=C(C)N=c2sc(=C3C(=O)N(C(C)=O)c4ccccc43)c(=O)n2[C@@H]1c1ccc(OC(C)=O)cc1. The molecule has 3 heterocycles. The highest BCUT2D eigenvalue weighted by Crippen LogP contribution is 2.36. The Bertz CT molecular complexity index is 1780. The molecule has 39 heavy (non-hydrogen) atoms. The molecule has 1 atom stereocenters. The molecule has 2 aromatic carbocycles. The number of nitrogens with zero attached hydrogens (tertiary/aromatic N) is 3. The van der Waals surface area contributed by atoms with Crippen LogP contribution in [0.2, 0.25) is 0 Å². The number of allylic oxidation sites excluding steroid dienone is 1. The molecule has 2 amide bonds. The second-order valence-corrected chi connectivity index (χ2v) is 9.81. The van der Waals surface area contributed by atoms with E-state index in [0.717, 1.165) is 16.2 Å². The summed E-state index contributed by atoms with van der Waals surface area (Å²) in [6.45, 7) is 6.02. The fourth-order valence-corrected chi connectivity index (χ4v) is 5.93. The molecule has 198 valence electrons. The van der Waals surface area contributed by atoms with Gasteiger partial charge in [-0.1, -0.05) is 41.7 Å². The van der Waals surface area contributed by atoms with Crippen LogP contribution in [-0.2, 0) is 23.9 Å². The van der Waals surface area contributed by atoms with Crippen molar-refractivity contribution in [3.63, 3.8) is 0 Å². The van der Waals surface area contributed by atoms with Crippen LogP contribution in [0.5, 0.6) is 5.75 Å². The number of hydrogen-bond acceptors (Lipinski definition) is 9. The molecule has 10 nitrogen and oxygen atoms in total. The number of hydrogen-bond donors (Lipinski definition) is 0. The molecule has 11 heteroatoms. The number of ether oxygens (including phenoxy) is 2. The number of carbonyl (C=O) groups is 4. The molecule has 3 aromatic rings. The Kier molecular flexibility index (Phi) is 6.61. The molecule has 0 N–H and O–H groups in total. The lowest BCUT2D eigenvalue weighted by Gasteiger charge is -2.24. The molecule has 1 aromatic heterocycles. The lowest BCUT2D eigenvalue weighted by atomic mass is 9.96. The van der Waals surface area contributed by atoms with E-state index >= 15 is 0 Å². The molecular weight excluding hydrogens is 522 g/mol. The third-order valence-corrected chi connectivity index (χ3v) is 7.38. The zero-order valence-corrected chi connectivity index (χ0v) is 22.3. The van der Waals surface area contributed by atoms with E-state index in [2.05, 4.69) is 4.99 Å². The van der Waals surface area contributed by atoms with Crippen molar-refractivity contribution in [1.29, 1.82) is 0 Å². The second-order valence-electron chi connectivity index (χ2n) is 8.84. The van der Waals surface area contributed by atoms with Gasteiger partial charge in [-0.3, -0.25) is 23.7 Å². The number of benzene rings is 2. The Balaban J connectivity index is 1.78. The first-order chi connectivity index (χ1) is 18.6. The number of rotatable bonds is 4. The van der Waals surface area contributed by atoms with Gasteiger partial charge < -0.3 is 9.47 Å². The summed E-state index contributed by atoms with van der Waals surface area (Å²) < 4.78 is 11.9. The summed E-state index contributed by atoms with van der Waals surface area (Å²) in [5, 5.41) is 0. The van der Waals surface area contributed by atoms with Crippen LogP contribution < -0.4 is 24.5 Å². The normalized spacial score (nSPS) is 17.4. The predicted molar refractivity (Wildman–Crippen MR) is 142 cm³/mol. The maximum absolute atomic E-state index is 14.1. The Morgan fingerprint density at radius 1 is 1.03 bits per heavy atom. The van der Waals surface area contributed by atoms with E-state index in [4.69, 9.17) is 9.47 Å². The lowest BCUT2D eigenvalue weighted by molar-refractivity contribution is -0.139. The quantitative estimate of drug-likeness (QED) is 0.363. The van der Waals surface area contributed by atoms with Gasteiger partial charge >= 0.3 is 11.9 Å². The molecule has 0 fully saturated rings. The topological polar surface area (TPSA) is 124 Å². The van der Waals surface area contributed by atoms with Gasteiger partial charge in [0.2, 0.25) is 5.91 Å². The third kappa shape index (κ3) is 4.30. The largest absolute Gasteiger partial charge is 0.463 e. The first-order valence-electron chi connectivity index (χ1n) is 12.1. The summed E-state index contributed by atoms with van der Waals surface area (Å²) in [7, 11) is 0. The standard InChI is InChI=1S/C28H23N3O7S/c1-5-37-27(36)21-14(2)29-28-31(23(21)17-10-12-18(13-11-17)38-16(4)33)26(35)24(39-28)22-19-8-6-7-9-20(19)30(15(3)32)25(22)34/h6-13,23H,5H2,1-4H3/t23-/m1/s1. The predicted octanol–water partition coefficient (Wildman–Crippen LogP) is 1.99. The van der Waals surface area contributed by atoms with Crippen LogP contribution in [0.4, 0.5) is 5.69 Å². The van der Waals surface area contributed by atoms with Crippen LogP contribution in [-0.4, -0.2) is 34.9 Å². The van der Waals surface area contributed by atoms with Gasteiger partial charge in [-0.05, 0) is 37.6 Å². The van der Waals surface area contributed by atoms with Gasteiger partial charge in [-0.25, -0.2) is 14.7 Å². The van der Waals surface area contributed by atoms with Crippen LogP contribution in [0.1, 0.15) is 44.9 Å². The fraction of sp³-hybridized carbons (Fsp3) is 0.214. The molecule has 0 saturated carbocycles. The average molecular weight is 546 g/mol. The highest BCUT2D eigenvalue weighted by Gasteiger charge is 2.38. The summed E-state index contributed by atoms with van der Waals surface area (Å²) in [6.07, 6.45) is 0. The minimum Gasteiger partial charge on any atom is -0.463 e. The van der Waals surface area contributed by atoms with Gasteiger partial charge in [-0.2, -0.15) is 0 Å². The minimum atomic E-state index is -0.920. The molecule has 0 radical (unpaired) electrons.